The molecule has 0 bridgehead atoms. The third-order valence-electron chi connectivity index (χ3n) is 3.90. The van der Waals surface area contributed by atoms with Gasteiger partial charge in [0.2, 0.25) is 0 Å². The van der Waals surface area contributed by atoms with Crippen LogP contribution in [-0.4, -0.2) is 51.2 Å². The molecule has 1 aliphatic heterocycles. The van der Waals surface area contributed by atoms with Crippen LogP contribution >= 0.6 is 0 Å². The molecule has 1 heterocycles. The van der Waals surface area contributed by atoms with Crippen LogP contribution in [0.5, 0.6) is 11.5 Å². The lowest BCUT2D eigenvalue weighted by Gasteiger charge is -2.14. The molecule has 24 heavy (non-hydrogen) atoms. The molecule has 1 aromatic carbocycles. The molecule has 2 aliphatic rings. The van der Waals surface area contributed by atoms with Crippen molar-refractivity contribution in [3.63, 3.8) is 0 Å². The number of quaternary nitrogens is 1. The second-order valence-corrected chi connectivity index (χ2v) is 6.41. The Morgan fingerprint density at radius 2 is 1.83 bits per heavy atom. The molecule has 1 aliphatic carbocycles. The van der Waals surface area contributed by atoms with Crippen molar-refractivity contribution >= 4 is 17.5 Å². The first kappa shape index (κ1) is 16.6. The van der Waals surface area contributed by atoms with Gasteiger partial charge in [0.15, 0.2) is 24.6 Å². The summed E-state index contributed by atoms with van der Waals surface area (Å²) >= 11 is 0. The van der Waals surface area contributed by atoms with Gasteiger partial charge in [-0.25, -0.2) is 0 Å². The fourth-order valence-electron chi connectivity index (χ4n) is 2.56. The maximum absolute atomic E-state index is 12.1. The Bertz CT molecular complexity index is 616. The summed E-state index contributed by atoms with van der Waals surface area (Å²) in [6.45, 7) is 1.76. The summed E-state index contributed by atoms with van der Waals surface area (Å²) in [7, 11) is 1.83. The Morgan fingerprint density at radius 1 is 1.12 bits per heavy atom. The number of fused-ring (bicyclic) bond motifs is 1. The number of carbonyl (C=O) groups excluding carboxylic acids is 2. The molecule has 0 aromatic heterocycles. The molecule has 0 radical (unpaired) electrons. The number of anilines is 1. The van der Waals surface area contributed by atoms with E-state index in [0.29, 0.717) is 43.0 Å². The van der Waals surface area contributed by atoms with E-state index in [9.17, 15) is 9.59 Å². The average Bonchev–Trinajstić information content (AvgIpc) is 3.33. The van der Waals surface area contributed by atoms with Crippen LogP contribution in [-0.2, 0) is 9.59 Å². The molecule has 130 valence electrons. The van der Waals surface area contributed by atoms with Gasteiger partial charge in [-0.1, -0.05) is 0 Å². The molecule has 0 spiro atoms. The van der Waals surface area contributed by atoms with E-state index in [4.69, 9.17) is 9.47 Å². The van der Waals surface area contributed by atoms with Crippen LogP contribution in [0.4, 0.5) is 5.69 Å². The average molecular weight is 334 g/mol. The van der Waals surface area contributed by atoms with Crippen molar-refractivity contribution in [2.45, 2.75) is 25.3 Å². The second-order valence-electron chi connectivity index (χ2n) is 6.41. The minimum atomic E-state index is -0.138. The van der Waals surface area contributed by atoms with Gasteiger partial charge < -0.3 is 25.0 Å². The van der Waals surface area contributed by atoms with Crippen molar-refractivity contribution in [3.05, 3.63) is 18.2 Å². The fourth-order valence-corrected chi connectivity index (χ4v) is 2.56. The van der Waals surface area contributed by atoms with Crippen molar-refractivity contribution in [3.8, 4) is 11.5 Å². The summed E-state index contributed by atoms with van der Waals surface area (Å²) in [5.74, 6) is 1.21. The van der Waals surface area contributed by atoms with Crippen molar-refractivity contribution in [2.24, 2.45) is 0 Å². The van der Waals surface area contributed by atoms with Crippen LogP contribution in [0.2, 0.25) is 0 Å². The smallest absolute Gasteiger partial charge is 0.279 e. The Morgan fingerprint density at radius 3 is 2.58 bits per heavy atom. The maximum Gasteiger partial charge on any atom is 0.279 e. The Balaban J connectivity index is 1.48. The molecule has 1 unspecified atom stereocenters. The minimum Gasteiger partial charge on any atom is -0.490 e. The predicted octanol–water partition coefficient (Wildman–Crippen LogP) is -0.420. The van der Waals surface area contributed by atoms with Gasteiger partial charge in [-0.2, -0.15) is 0 Å². The Hall–Kier alpha value is -2.28. The first-order valence-corrected chi connectivity index (χ1v) is 8.40. The van der Waals surface area contributed by atoms with E-state index in [1.54, 1.807) is 18.2 Å². The van der Waals surface area contributed by atoms with Gasteiger partial charge in [0.05, 0.1) is 20.3 Å². The van der Waals surface area contributed by atoms with E-state index in [1.807, 2.05) is 7.05 Å². The number of likely N-dealkylation sites (N-methyl/N-ethyl adjacent to an activating group) is 1. The molecule has 1 atom stereocenters. The van der Waals surface area contributed by atoms with E-state index >= 15 is 0 Å². The topological polar surface area (TPSA) is 81.1 Å². The van der Waals surface area contributed by atoms with E-state index < -0.39 is 0 Å². The predicted molar refractivity (Wildman–Crippen MR) is 88.5 cm³/mol. The van der Waals surface area contributed by atoms with Crippen molar-refractivity contribution in [2.75, 3.05) is 38.7 Å². The van der Waals surface area contributed by atoms with E-state index in [-0.39, 0.29) is 18.4 Å². The van der Waals surface area contributed by atoms with E-state index in [2.05, 4.69) is 10.6 Å². The van der Waals surface area contributed by atoms with Gasteiger partial charge in [0.25, 0.3) is 11.8 Å². The molecule has 2 amide bonds. The zero-order chi connectivity index (χ0) is 16.9. The van der Waals surface area contributed by atoms with Crippen molar-refractivity contribution in [1.82, 2.24) is 5.32 Å². The normalized spacial score (nSPS) is 17.5. The molecular weight excluding hydrogens is 310 g/mol. The summed E-state index contributed by atoms with van der Waals surface area (Å²) in [5, 5.41) is 5.77. The number of nitrogens with one attached hydrogen (secondary N) is 3. The molecule has 1 fully saturated rings. The monoisotopic (exact) mass is 334 g/mol. The van der Waals surface area contributed by atoms with Gasteiger partial charge >= 0.3 is 0 Å². The SMILES string of the molecule is C[NH+](CC(=O)Nc1ccc2c(c1)OCCCO2)CC(=O)NC1CC1. The maximum atomic E-state index is 12.1. The van der Waals surface area contributed by atoms with Crippen molar-refractivity contribution in [1.29, 1.82) is 0 Å². The number of hydrogen-bond donors (Lipinski definition) is 3. The van der Waals surface area contributed by atoms with E-state index in [0.717, 1.165) is 24.2 Å². The standard InChI is InChI=1S/C17H23N3O4/c1-20(10-16(21)18-12-3-4-12)11-17(22)19-13-5-6-14-15(9-13)24-8-2-7-23-14/h5-6,9,12H,2-4,7-8,10-11H2,1H3,(H,18,21)(H,19,22)/p+1. The zero-order valence-corrected chi connectivity index (χ0v) is 13.9. The lowest BCUT2D eigenvalue weighted by Crippen LogP contribution is -3.11. The fraction of sp³-hybridized carbons (Fsp3) is 0.529. The largest absolute Gasteiger partial charge is 0.490 e. The third kappa shape index (κ3) is 4.86. The molecule has 7 nitrogen and oxygen atoms in total. The number of benzene rings is 1. The first-order valence-electron chi connectivity index (χ1n) is 8.40. The Kier molecular flexibility index (Phi) is 5.20. The summed E-state index contributed by atoms with van der Waals surface area (Å²) in [6.07, 6.45) is 2.97. The zero-order valence-electron chi connectivity index (χ0n) is 13.9. The molecule has 3 rings (SSSR count). The van der Waals surface area contributed by atoms with Gasteiger partial charge in [-0.15, -0.1) is 0 Å². The highest BCUT2D eigenvalue weighted by atomic mass is 16.5. The van der Waals surface area contributed by atoms with Crippen LogP contribution < -0.4 is 25.0 Å². The van der Waals surface area contributed by atoms with Crippen molar-refractivity contribution < 1.29 is 24.0 Å². The van der Waals surface area contributed by atoms with Crippen LogP contribution in [0.3, 0.4) is 0 Å². The highest BCUT2D eigenvalue weighted by Gasteiger charge is 2.25. The quantitative estimate of drug-likeness (QED) is 0.660. The van der Waals surface area contributed by atoms with E-state index in [1.165, 1.54) is 0 Å². The third-order valence-corrected chi connectivity index (χ3v) is 3.90. The van der Waals surface area contributed by atoms with Crippen LogP contribution in [0.15, 0.2) is 18.2 Å². The second kappa shape index (κ2) is 7.53. The first-order chi connectivity index (χ1) is 11.6. The van der Waals surface area contributed by atoms with Gasteiger partial charge in [-0.05, 0) is 25.0 Å². The number of ether oxygens (including phenoxy) is 2. The van der Waals surface area contributed by atoms with Gasteiger partial charge in [-0.3, -0.25) is 9.59 Å². The summed E-state index contributed by atoms with van der Waals surface area (Å²) in [4.78, 5) is 24.7. The van der Waals surface area contributed by atoms with Gasteiger partial charge in [0.1, 0.15) is 0 Å². The van der Waals surface area contributed by atoms with Crippen LogP contribution in [0.25, 0.3) is 0 Å². The molecule has 7 heteroatoms. The number of carbonyl (C=O) groups is 2. The lowest BCUT2D eigenvalue weighted by molar-refractivity contribution is -0.862. The summed E-state index contributed by atoms with van der Waals surface area (Å²) in [6, 6.07) is 5.71. The molecular formula is C17H24N3O4+. The molecule has 0 saturated heterocycles. The Labute approximate surface area is 141 Å². The number of hydrogen-bond acceptors (Lipinski definition) is 4. The molecule has 3 N–H and O–H groups in total. The minimum absolute atomic E-state index is 0.00150. The lowest BCUT2D eigenvalue weighted by atomic mass is 10.2. The molecule has 1 saturated carbocycles. The summed E-state index contributed by atoms with van der Waals surface area (Å²) in [5.41, 5.74) is 0.666. The number of rotatable bonds is 6. The van der Waals surface area contributed by atoms with Crippen LogP contribution in [0.1, 0.15) is 19.3 Å². The van der Waals surface area contributed by atoms with Gasteiger partial charge in [0, 0.05) is 24.2 Å². The number of amides is 2. The highest BCUT2D eigenvalue weighted by Crippen LogP contribution is 2.32. The highest BCUT2D eigenvalue weighted by molar-refractivity contribution is 5.92. The molecule has 1 aromatic rings. The van der Waals surface area contributed by atoms with Crippen LogP contribution in [0, 0.1) is 0 Å². The summed E-state index contributed by atoms with van der Waals surface area (Å²) < 4.78 is 11.2.